The van der Waals surface area contributed by atoms with Crippen LogP contribution in [0.3, 0.4) is 0 Å². The van der Waals surface area contributed by atoms with Gasteiger partial charge in [-0.3, -0.25) is 0 Å². The molecule has 1 saturated carbocycles. The van der Waals surface area contributed by atoms with Gasteiger partial charge in [-0.1, -0.05) is 13.3 Å². The van der Waals surface area contributed by atoms with Crippen LogP contribution in [-0.2, 0) is 16.4 Å². The SMILES string of the molecule is CCCC1(CNS(=O)(=O)c2ccc3c(c2)CCCN3)CC1. The van der Waals surface area contributed by atoms with Crippen LogP contribution in [0.4, 0.5) is 5.69 Å². The van der Waals surface area contributed by atoms with Gasteiger partial charge in [0.1, 0.15) is 0 Å². The van der Waals surface area contributed by atoms with E-state index in [1.54, 1.807) is 6.07 Å². The molecular weight excluding hydrogens is 284 g/mol. The maximum Gasteiger partial charge on any atom is 0.240 e. The van der Waals surface area contributed by atoms with E-state index in [2.05, 4.69) is 17.0 Å². The summed E-state index contributed by atoms with van der Waals surface area (Å²) >= 11 is 0. The highest BCUT2D eigenvalue weighted by Crippen LogP contribution is 2.49. The Morgan fingerprint density at radius 3 is 2.86 bits per heavy atom. The lowest BCUT2D eigenvalue weighted by molar-refractivity contribution is 0.449. The first-order valence-corrected chi connectivity index (χ1v) is 9.39. The van der Waals surface area contributed by atoms with Crippen molar-refractivity contribution in [1.29, 1.82) is 0 Å². The van der Waals surface area contributed by atoms with Crippen molar-refractivity contribution in [2.24, 2.45) is 5.41 Å². The Labute approximate surface area is 127 Å². The Hall–Kier alpha value is -1.07. The van der Waals surface area contributed by atoms with Gasteiger partial charge in [0.15, 0.2) is 0 Å². The van der Waals surface area contributed by atoms with E-state index in [4.69, 9.17) is 0 Å². The van der Waals surface area contributed by atoms with Crippen molar-refractivity contribution in [3.05, 3.63) is 23.8 Å². The highest BCUT2D eigenvalue weighted by atomic mass is 32.2. The summed E-state index contributed by atoms with van der Waals surface area (Å²) in [4.78, 5) is 0.400. The van der Waals surface area contributed by atoms with Crippen LogP contribution in [0.15, 0.2) is 23.1 Å². The van der Waals surface area contributed by atoms with Crippen LogP contribution in [0.2, 0.25) is 0 Å². The van der Waals surface area contributed by atoms with Crippen molar-refractivity contribution >= 4 is 15.7 Å². The molecule has 0 aromatic heterocycles. The third-order valence-corrected chi connectivity index (χ3v) is 6.10. The Kier molecular flexibility index (Phi) is 3.97. The maximum atomic E-state index is 12.5. The Morgan fingerprint density at radius 2 is 2.14 bits per heavy atom. The van der Waals surface area contributed by atoms with Crippen molar-refractivity contribution in [3.8, 4) is 0 Å². The first-order valence-electron chi connectivity index (χ1n) is 7.91. The van der Waals surface area contributed by atoms with Gasteiger partial charge in [-0.25, -0.2) is 13.1 Å². The zero-order valence-electron chi connectivity index (χ0n) is 12.6. The summed E-state index contributed by atoms with van der Waals surface area (Å²) in [7, 11) is -3.38. The molecule has 0 saturated heterocycles. The van der Waals surface area contributed by atoms with Gasteiger partial charge >= 0.3 is 0 Å². The molecule has 1 aromatic rings. The molecule has 0 atom stereocenters. The third-order valence-electron chi connectivity index (χ3n) is 4.70. The molecule has 2 N–H and O–H groups in total. The molecule has 0 bridgehead atoms. The molecule has 116 valence electrons. The van der Waals surface area contributed by atoms with Gasteiger partial charge in [-0.15, -0.1) is 0 Å². The Balaban J connectivity index is 1.73. The first kappa shape index (κ1) is 14.9. The van der Waals surface area contributed by atoms with Crippen LogP contribution in [0.5, 0.6) is 0 Å². The normalized spacial score (nSPS) is 19.7. The summed E-state index contributed by atoms with van der Waals surface area (Å²) in [6, 6.07) is 5.42. The minimum atomic E-state index is -3.38. The van der Waals surface area contributed by atoms with Gasteiger partial charge in [-0.05, 0) is 61.3 Å². The topological polar surface area (TPSA) is 58.2 Å². The number of hydrogen-bond acceptors (Lipinski definition) is 3. The van der Waals surface area contributed by atoms with Crippen LogP contribution in [-0.4, -0.2) is 21.5 Å². The van der Waals surface area contributed by atoms with Crippen LogP contribution >= 0.6 is 0 Å². The van der Waals surface area contributed by atoms with E-state index in [1.165, 1.54) is 0 Å². The number of nitrogens with one attached hydrogen (secondary N) is 2. The Morgan fingerprint density at radius 1 is 1.33 bits per heavy atom. The number of sulfonamides is 1. The molecule has 0 spiro atoms. The molecule has 21 heavy (non-hydrogen) atoms. The fraction of sp³-hybridized carbons (Fsp3) is 0.625. The van der Waals surface area contributed by atoms with Crippen molar-refractivity contribution in [2.75, 3.05) is 18.4 Å². The molecule has 0 unspecified atom stereocenters. The van der Waals surface area contributed by atoms with Crippen LogP contribution in [0.1, 0.15) is 44.6 Å². The van der Waals surface area contributed by atoms with Crippen molar-refractivity contribution < 1.29 is 8.42 Å². The lowest BCUT2D eigenvalue weighted by Crippen LogP contribution is -2.30. The fourth-order valence-corrected chi connectivity index (χ4v) is 4.38. The minimum Gasteiger partial charge on any atom is -0.385 e. The highest BCUT2D eigenvalue weighted by molar-refractivity contribution is 7.89. The molecule has 1 fully saturated rings. The van der Waals surface area contributed by atoms with E-state index in [0.717, 1.165) is 56.3 Å². The highest BCUT2D eigenvalue weighted by Gasteiger charge is 2.42. The van der Waals surface area contributed by atoms with Crippen molar-refractivity contribution in [2.45, 2.75) is 50.3 Å². The standard InChI is InChI=1S/C16H24N2O2S/c1-2-7-16(8-9-16)12-18-21(19,20)14-5-6-15-13(11-14)4-3-10-17-15/h5-6,11,17-18H,2-4,7-10,12H2,1H3. The summed E-state index contributed by atoms with van der Waals surface area (Å²) in [6.07, 6.45) is 6.54. The molecule has 1 aromatic carbocycles. The van der Waals surface area contributed by atoms with Gasteiger partial charge in [0.05, 0.1) is 4.90 Å². The predicted molar refractivity (Wildman–Crippen MR) is 85.0 cm³/mol. The second kappa shape index (κ2) is 5.61. The van der Waals surface area contributed by atoms with Crippen molar-refractivity contribution in [1.82, 2.24) is 4.72 Å². The first-order chi connectivity index (χ1) is 10.0. The third kappa shape index (κ3) is 3.24. The Bertz CT molecular complexity index is 621. The zero-order chi connectivity index (χ0) is 14.9. The summed E-state index contributed by atoms with van der Waals surface area (Å²) in [6.45, 7) is 3.71. The molecule has 4 nitrogen and oxygen atoms in total. The number of hydrogen-bond donors (Lipinski definition) is 2. The zero-order valence-corrected chi connectivity index (χ0v) is 13.4. The molecule has 1 aliphatic carbocycles. The molecule has 3 rings (SSSR count). The van der Waals surface area contributed by atoms with Gasteiger partial charge in [-0.2, -0.15) is 0 Å². The average molecular weight is 308 g/mol. The summed E-state index contributed by atoms with van der Waals surface area (Å²) in [5, 5.41) is 3.31. The maximum absolute atomic E-state index is 12.5. The summed E-state index contributed by atoms with van der Waals surface area (Å²) in [5.74, 6) is 0. The number of rotatable bonds is 6. The van der Waals surface area contributed by atoms with Gasteiger partial charge in [0.25, 0.3) is 0 Å². The van der Waals surface area contributed by atoms with E-state index in [9.17, 15) is 8.42 Å². The smallest absolute Gasteiger partial charge is 0.240 e. The molecule has 0 amide bonds. The number of anilines is 1. The van der Waals surface area contributed by atoms with Crippen molar-refractivity contribution in [3.63, 3.8) is 0 Å². The lowest BCUT2D eigenvalue weighted by atomic mass is 10.0. The lowest BCUT2D eigenvalue weighted by Gasteiger charge is -2.19. The average Bonchev–Trinajstić information content (AvgIpc) is 3.25. The van der Waals surface area contributed by atoms with Gasteiger partial charge < -0.3 is 5.32 Å². The second-order valence-corrected chi connectivity index (χ2v) is 8.19. The molecule has 5 heteroatoms. The second-order valence-electron chi connectivity index (χ2n) is 6.42. The largest absolute Gasteiger partial charge is 0.385 e. The van der Waals surface area contributed by atoms with Crippen LogP contribution in [0.25, 0.3) is 0 Å². The minimum absolute atomic E-state index is 0.234. The predicted octanol–water partition coefficient (Wildman–Crippen LogP) is 2.90. The monoisotopic (exact) mass is 308 g/mol. The molecule has 1 aliphatic heterocycles. The van der Waals surface area contributed by atoms with E-state index >= 15 is 0 Å². The molecule has 1 heterocycles. The van der Waals surface area contributed by atoms with Gasteiger partial charge in [0, 0.05) is 18.8 Å². The van der Waals surface area contributed by atoms with E-state index in [0.29, 0.717) is 11.4 Å². The van der Waals surface area contributed by atoms with E-state index in [1.807, 2.05) is 12.1 Å². The van der Waals surface area contributed by atoms with Crippen LogP contribution < -0.4 is 10.0 Å². The molecular formula is C16H24N2O2S. The van der Waals surface area contributed by atoms with Crippen LogP contribution in [0, 0.1) is 5.41 Å². The number of aryl methyl sites for hydroxylation is 1. The quantitative estimate of drug-likeness (QED) is 0.849. The summed E-state index contributed by atoms with van der Waals surface area (Å²) < 4.78 is 27.8. The fourth-order valence-electron chi connectivity index (χ4n) is 3.17. The van der Waals surface area contributed by atoms with Gasteiger partial charge in [0.2, 0.25) is 10.0 Å². The molecule has 2 aliphatic rings. The number of benzene rings is 1. The number of fused-ring (bicyclic) bond motifs is 1. The summed E-state index contributed by atoms with van der Waals surface area (Å²) in [5.41, 5.74) is 2.42. The van der Waals surface area contributed by atoms with E-state index in [-0.39, 0.29) is 5.41 Å². The van der Waals surface area contributed by atoms with E-state index < -0.39 is 10.0 Å². The molecule has 0 radical (unpaired) electrons.